The Balaban J connectivity index is 1.90. The van der Waals surface area contributed by atoms with Gasteiger partial charge in [-0.15, -0.1) is 0 Å². The van der Waals surface area contributed by atoms with Gasteiger partial charge in [0.15, 0.2) is 0 Å². The largest absolute Gasteiger partial charge is 0.416 e. The molecule has 2 N–H and O–H groups in total. The van der Waals surface area contributed by atoms with Gasteiger partial charge in [-0.25, -0.2) is 4.39 Å². The molecule has 1 aliphatic heterocycles. The molecule has 106 valence electrons. The molecular weight excluding hydrogens is 260 g/mol. The highest BCUT2D eigenvalue weighted by atomic mass is 19.4. The van der Waals surface area contributed by atoms with E-state index in [1.807, 2.05) is 0 Å². The molecule has 1 saturated heterocycles. The fourth-order valence-corrected chi connectivity index (χ4v) is 2.22. The van der Waals surface area contributed by atoms with Crippen LogP contribution in [0.2, 0.25) is 0 Å². The smallest absolute Gasteiger partial charge is 0.383 e. The van der Waals surface area contributed by atoms with Crippen molar-refractivity contribution in [3.8, 4) is 0 Å². The van der Waals surface area contributed by atoms with E-state index in [1.165, 1.54) is 0 Å². The van der Waals surface area contributed by atoms with Crippen molar-refractivity contribution < 1.29 is 17.6 Å². The Morgan fingerprint density at radius 3 is 2.68 bits per heavy atom. The number of rotatable bonds is 4. The van der Waals surface area contributed by atoms with E-state index in [-0.39, 0.29) is 5.69 Å². The van der Waals surface area contributed by atoms with Crippen LogP contribution in [0, 0.1) is 5.82 Å². The third-order valence-electron chi connectivity index (χ3n) is 3.27. The molecule has 6 heteroatoms. The molecule has 19 heavy (non-hydrogen) atoms. The molecule has 0 aliphatic carbocycles. The maximum absolute atomic E-state index is 13.5. The summed E-state index contributed by atoms with van der Waals surface area (Å²) < 4.78 is 50.6. The molecule has 1 atom stereocenters. The van der Waals surface area contributed by atoms with E-state index in [2.05, 4.69) is 10.6 Å². The second kappa shape index (κ2) is 5.77. The van der Waals surface area contributed by atoms with Crippen molar-refractivity contribution >= 4 is 5.69 Å². The van der Waals surface area contributed by atoms with Crippen LogP contribution in [0.5, 0.6) is 0 Å². The lowest BCUT2D eigenvalue weighted by atomic mass is 10.1. The van der Waals surface area contributed by atoms with E-state index < -0.39 is 17.6 Å². The molecule has 2 rings (SSSR count). The van der Waals surface area contributed by atoms with Crippen LogP contribution in [0.3, 0.4) is 0 Å². The predicted molar refractivity (Wildman–Crippen MR) is 65.5 cm³/mol. The molecule has 1 aromatic rings. The first-order chi connectivity index (χ1) is 8.97. The van der Waals surface area contributed by atoms with E-state index in [1.54, 1.807) is 0 Å². The number of halogens is 4. The van der Waals surface area contributed by atoms with Gasteiger partial charge in [-0.05, 0) is 44.0 Å². The summed E-state index contributed by atoms with van der Waals surface area (Å²) in [6.45, 7) is 1.54. The Morgan fingerprint density at radius 1 is 1.32 bits per heavy atom. The first-order valence-electron chi connectivity index (χ1n) is 6.31. The standard InChI is InChI=1S/C13H16F4N2/c14-11-8-9(13(15,16)17)3-4-12(11)19-7-5-10-2-1-6-18-10/h3-4,8,10,18-19H,1-2,5-7H2. The van der Waals surface area contributed by atoms with Crippen LogP contribution in [-0.2, 0) is 6.18 Å². The van der Waals surface area contributed by atoms with Crippen molar-refractivity contribution in [2.75, 3.05) is 18.4 Å². The molecule has 0 radical (unpaired) electrons. The number of hydrogen-bond acceptors (Lipinski definition) is 2. The van der Waals surface area contributed by atoms with Gasteiger partial charge in [0, 0.05) is 12.6 Å². The van der Waals surface area contributed by atoms with Crippen molar-refractivity contribution in [3.63, 3.8) is 0 Å². The lowest BCUT2D eigenvalue weighted by Gasteiger charge is -2.13. The van der Waals surface area contributed by atoms with Crippen LogP contribution in [-0.4, -0.2) is 19.1 Å². The zero-order chi connectivity index (χ0) is 13.9. The van der Waals surface area contributed by atoms with E-state index in [4.69, 9.17) is 0 Å². The maximum Gasteiger partial charge on any atom is 0.416 e. The molecule has 0 saturated carbocycles. The molecule has 1 aromatic carbocycles. The molecular formula is C13H16F4N2. The minimum atomic E-state index is -4.51. The molecule has 1 unspecified atom stereocenters. The number of anilines is 1. The highest BCUT2D eigenvalue weighted by Gasteiger charge is 2.31. The average Bonchev–Trinajstić information content (AvgIpc) is 2.83. The minimum absolute atomic E-state index is 0.117. The van der Waals surface area contributed by atoms with E-state index >= 15 is 0 Å². The van der Waals surface area contributed by atoms with Crippen molar-refractivity contribution in [1.82, 2.24) is 5.32 Å². The second-order valence-corrected chi connectivity index (χ2v) is 4.70. The fourth-order valence-electron chi connectivity index (χ4n) is 2.22. The molecule has 0 aromatic heterocycles. The second-order valence-electron chi connectivity index (χ2n) is 4.70. The van der Waals surface area contributed by atoms with Crippen LogP contribution >= 0.6 is 0 Å². The van der Waals surface area contributed by atoms with Crippen molar-refractivity contribution in [1.29, 1.82) is 0 Å². The highest BCUT2D eigenvalue weighted by molar-refractivity contribution is 5.46. The first kappa shape index (κ1) is 14.1. The Morgan fingerprint density at radius 2 is 2.11 bits per heavy atom. The van der Waals surface area contributed by atoms with E-state index in [0.29, 0.717) is 18.7 Å². The minimum Gasteiger partial charge on any atom is -0.383 e. The SMILES string of the molecule is Fc1cc(C(F)(F)F)ccc1NCCC1CCCN1. The molecule has 1 aliphatic rings. The molecule has 0 amide bonds. The van der Waals surface area contributed by atoms with Gasteiger partial charge < -0.3 is 10.6 Å². The summed E-state index contributed by atoms with van der Waals surface area (Å²) >= 11 is 0. The maximum atomic E-state index is 13.5. The summed E-state index contributed by atoms with van der Waals surface area (Å²) in [6, 6.07) is 2.97. The van der Waals surface area contributed by atoms with Gasteiger partial charge in [0.05, 0.1) is 11.3 Å². The summed E-state index contributed by atoms with van der Waals surface area (Å²) in [7, 11) is 0. The third kappa shape index (κ3) is 3.83. The van der Waals surface area contributed by atoms with Gasteiger partial charge in [-0.2, -0.15) is 13.2 Å². The van der Waals surface area contributed by atoms with Crippen LogP contribution in [0.15, 0.2) is 18.2 Å². The Bertz CT molecular complexity index is 425. The number of hydrogen-bond donors (Lipinski definition) is 2. The van der Waals surface area contributed by atoms with Crippen LogP contribution in [0.4, 0.5) is 23.2 Å². The quantitative estimate of drug-likeness (QED) is 0.824. The number of nitrogens with one attached hydrogen (secondary N) is 2. The predicted octanol–water partition coefficient (Wildman–Crippen LogP) is 3.40. The third-order valence-corrected chi connectivity index (χ3v) is 3.27. The molecule has 0 spiro atoms. The van der Waals surface area contributed by atoms with E-state index in [9.17, 15) is 17.6 Å². The summed E-state index contributed by atoms with van der Waals surface area (Å²) in [5, 5.41) is 6.14. The van der Waals surface area contributed by atoms with Gasteiger partial charge in [-0.3, -0.25) is 0 Å². The fraction of sp³-hybridized carbons (Fsp3) is 0.538. The lowest BCUT2D eigenvalue weighted by molar-refractivity contribution is -0.137. The van der Waals surface area contributed by atoms with Crippen LogP contribution < -0.4 is 10.6 Å². The summed E-state index contributed by atoms with van der Waals surface area (Å²) in [5.74, 6) is -0.866. The molecule has 1 fully saturated rings. The monoisotopic (exact) mass is 276 g/mol. The van der Waals surface area contributed by atoms with Crippen LogP contribution in [0.25, 0.3) is 0 Å². The number of alkyl halides is 3. The summed E-state index contributed by atoms with van der Waals surface area (Å²) in [4.78, 5) is 0. The van der Waals surface area contributed by atoms with Crippen molar-refractivity contribution in [2.24, 2.45) is 0 Å². The van der Waals surface area contributed by atoms with Crippen LogP contribution in [0.1, 0.15) is 24.8 Å². The lowest BCUT2D eigenvalue weighted by Crippen LogP contribution is -2.24. The molecule has 1 heterocycles. The Hall–Kier alpha value is -1.30. The Labute approximate surface area is 109 Å². The zero-order valence-corrected chi connectivity index (χ0v) is 10.4. The van der Waals surface area contributed by atoms with Crippen molar-refractivity contribution in [3.05, 3.63) is 29.6 Å². The molecule has 2 nitrogen and oxygen atoms in total. The van der Waals surface area contributed by atoms with Crippen molar-refractivity contribution in [2.45, 2.75) is 31.5 Å². The van der Waals surface area contributed by atoms with E-state index in [0.717, 1.165) is 37.9 Å². The zero-order valence-electron chi connectivity index (χ0n) is 10.4. The van der Waals surface area contributed by atoms with Gasteiger partial charge in [0.2, 0.25) is 0 Å². The highest BCUT2D eigenvalue weighted by Crippen LogP contribution is 2.31. The molecule has 0 bridgehead atoms. The summed E-state index contributed by atoms with van der Waals surface area (Å²) in [5.41, 5.74) is -0.848. The van der Waals surface area contributed by atoms with Gasteiger partial charge >= 0.3 is 6.18 Å². The summed E-state index contributed by atoms with van der Waals surface area (Å²) in [6.07, 6.45) is -1.44. The average molecular weight is 276 g/mol. The van der Waals surface area contributed by atoms with Gasteiger partial charge in [0.1, 0.15) is 5.82 Å². The normalized spacial score (nSPS) is 19.7. The van der Waals surface area contributed by atoms with Gasteiger partial charge in [-0.1, -0.05) is 0 Å². The first-order valence-corrected chi connectivity index (χ1v) is 6.31. The topological polar surface area (TPSA) is 24.1 Å². The Kier molecular flexibility index (Phi) is 4.29. The number of benzene rings is 1. The van der Waals surface area contributed by atoms with Gasteiger partial charge in [0.25, 0.3) is 0 Å².